The lowest BCUT2D eigenvalue weighted by atomic mass is 10.2. The van der Waals surface area contributed by atoms with Gasteiger partial charge in [-0.15, -0.1) is 12.4 Å². The minimum atomic E-state index is 0. The van der Waals surface area contributed by atoms with Crippen molar-refractivity contribution in [1.82, 2.24) is 10.2 Å². The largest absolute Gasteiger partial charge is 0.493 e. The molecule has 23 heavy (non-hydrogen) atoms. The van der Waals surface area contributed by atoms with E-state index >= 15 is 0 Å². The summed E-state index contributed by atoms with van der Waals surface area (Å²) in [4.78, 5) is 2.17. The number of ether oxygens (including phenoxy) is 2. The summed E-state index contributed by atoms with van der Waals surface area (Å²) in [5, 5.41) is 3.45. The monoisotopic (exact) mass is 406 g/mol. The van der Waals surface area contributed by atoms with E-state index in [2.05, 4.69) is 46.3 Å². The maximum absolute atomic E-state index is 6.11. The summed E-state index contributed by atoms with van der Waals surface area (Å²) in [6, 6.07) is 4.11. The van der Waals surface area contributed by atoms with E-state index in [0.29, 0.717) is 6.10 Å². The molecule has 132 valence electrons. The van der Waals surface area contributed by atoms with Gasteiger partial charge in [0.25, 0.3) is 0 Å². The molecule has 6 heteroatoms. The Bertz CT molecular complexity index is 480. The van der Waals surface area contributed by atoms with Gasteiger partial charge in [0.15, 0.2) is 11.5 Å². The molecular weight excluding hydrogens is 380 g/mol. The Morgan fingerprint density at radius 2 is 1.91 bits per heavy atom. The van der Waals surface area contributed by atoms with Gasteiger partial charge in [0.1, 0.15) is 0 Å². The predicted octanol–water partition coefficient (Wildman–Crippen LogP) is 3.85. The number of methoxy groups -OCH3 is 1. The van der Waals surface area contributed by atoms with Crippen molar-refractivity contribution < 1.29 is 9.47 Å². The van der Waals surface area contributed by atoms with Gasteiger partial charge in [0, 0.05) is 24.1 Å². The fraction of sp³-hybridized carbons (Fsp3) is 0.647. The van der Waals surface area contributed by atoms with Gasteiger partial charge in [-0.05, 0) is 57.5 Å². The lowest BCUT2D eigenvalue weighted by molar-refractivity contribution is 0.200. The van der Waals surface area contributed by atoms with Gasteiger partial charge in [-0.25, -0.2) is 0 Å². The predicted molar refractivity (Wildman–Crippen MR) is 101 cm³/mol. The van der Waals surface area contributed by atoms with Crippen molar-refractivity contribution in [2.24, 2.45) is 0 Å². The van der Waals surface area contributed by atoms with Gasteiger partial charge in [0.05, 0.1) is 13.2 Å². The van der Waals surface area contributed by atoms with Crippen molar-refractivity contribution in [2.45, 2.75) is 38.3 Å². The standard InChI is InChI=1S/C17H27BrN2O2.ClH/c1-20(2)9-8-19-12-13-10-16(21-3)17(11-15(13)18)22-14-6-4-5-7-14;/h10-11,14,19H,4-9,12H2,1-3H3;1H. The first kappa shape index (κ1) is 20.6. The van der Waals surface area contributed by atoms with Crippen LogP contribution in [-0.4, -0.2) is 45.3 Å². The third-order valence-corrected chi connectivity index (χ3v) is 4.72. The first-order chi connectivity index (χ1) is 10.6. The molecule has 1 aliphatic rings. The van der Waals surface area contributed by atoms with Crippen LogP contribution in [0, 0.1) is 0 Å². The zero-order valence-electron chi connectivity index (χ0n) is 14.2. The van der Waals surface area contributed by atoms with E-state index in [1.165, 1.54) is 18.4 Å². The van der Waals surface area contributed by atoms with Crippen LogP contribution in [-0.2, 0) is 6.54 Å². The molecule has 0 heterocycles. The molecule has 0 aromatic heterocycles. The second kappa shape index (κ2) is 10.4. The smallest absolute Gasteiger partial charge is 0.162 e. The highest BCUT2D eigenvalue weighted by Crippen LogP contribution is 2.36. The summed E-state index contributed by atoms with van der Waals surface area (Å²) >= 11 is 3.65. The maximum atomic E-state index is 6.11. The molecule has 1 fully saturated rings. The van der Waals surface area contributed by atoms with Crippen LogP contribution in [0.1, 0.15) is 31.2 Å². The Hall–Kier alpha value is -0.490. The molecule has 0 bridgehead atoms. The molecule has 2 rings (SSSR count). The van der Waals surface area contributed by atoms with E-state index in [0.717, 1.165) is 48.4 Å². The summed E-state index contributed by atoms with van der Waals surface area (Å²) in [6.07, 6.45) is 5.16. The van der Waals surface area contributed by atoms with Gasteiger partial charge in [-0.3, -0.25) is 0 Å². The van der Waals surface area contributed by atoms with Crippen molar-refractivity contribution >= 4 is 28.3 Å². The first-order valence-electron chi connectivity index (χ1n) is 7.98. The van der Waals surface area contributed by atoms with Crippen LogP contribution in [0.25, 0.3) is 0 Å². The van der Waals surface area contributed by atoms with Gasteiger partial charge in [-0.2, -0.15) is 0 Å². The SMILES string of the molecule is COc1cc(CNCCN(C)C)c(Br)cc1OC1CCCC1.Cl. The fourth-order valence-electron chi connectivity index (χ4n) is 2.68. The van der Waals surface area contributed by atoms with E-state index in [9.17, 15) is 0 Å². The minimum absolute atomic E-state index is 0. The lowest BCUT2D eigenvalue weighted by Gasteiger charge is -2.18. The van der Waals surface area contributed by atoms with Crippen LogP contribution in [0.5, 0.6) is 11.5 Å². The molecule has 0 atom stereocenters. The molecule has 4 nitrogen and oxygen atoms in total. The van der Waals surface area contributed by atoms with E-state index in [1.807, 2.05) is 6.07 Å². The molecule has 0 radical (unpaired) electrons. The topological polar surface area (TPSA) is 33.7 Å². The molecule has 0 aliphatic heterocycles. The van der Waals surface area contributed by atoms with Crippen LogP contribution in [0.3, 0.4) is 0 Å². The number of hydrogen-bond donors (Lipinski definition) is 1. The number of likely N-dealkylation sites (N-methyl/N-ethyl adjacent to an activating group) is 1. The first-order valence-corrected chi connectivity index (χ1v) is 8.78. The van der Waals surface area contributed by atoms with Gasteiger partial charge < -0.3 is 19.7 Å². The van der Waals surface area contributed by atoms with Gasteiger partial charge in [-0.1, -0.05) is 15.9 Å². The summed E-state index contributed by atoms with van der Waals surface area (Å²) in [5.74, 6) is 1.66. The number of rotatable bonds is 8. The van der Waals surface area contributed by atoms with Gasteiger partial charge >= 0.3 is 0 Å². The summed E-state index contributed by atoms with van der Waals surface area (Å²) in [6.45, 7) is 2.80. The van der Waals surface area contributed by atoms with Crippen molar-refractivity contribution in [3.8, 4) is 11.5 Å². The lowest BCUT2D eigenvalue weighted by Crippen LogP contribution is -2.26. The molecule has 1 aromatic carbocycles. The number of nitrogens with one attached hydrogen (secondary N) is 1. The fourth-order valence-corrected chi connectivity index (χ4v) is 3.14. The Morgan fingerprint density at radius 3 is 2.52 bits per heavy atom. The van der Waals surface area contributed by atoms with Crippen LogP contribution >= 0.6 is 28.3 Å². The molecule has 1 saturated carbocycles. The zero-order chi connectivity index (χ0) is 15.9. The van der Waals surface area contributed by atoms with E-state index < -0.39 is 0 Å². The van der Waals surface area contributed by atoms with E-state index in [4.69, 9.17) is 9.47 Å². The minimum Gasteiger partial charge on any atom is -0.493 e. The summed E-state index contributed by atoms with van der Waals surface area (Å²) in [7, 11) is 5.86. The highest BCUT2D eigenvalue weighted by molar-refractivity contribution is 9.10. The average molecular weight is 408 g/mol. The molecule has 1 aliphatic carbocycles. The maximum Gasteiger partial charge on any atom is 0.162 e. The Kier molecular flexibility index (Phi) is 9.29. The molecular formula is C17H28BrClN2O2. The van der Waals surface area contributed by atoms with Crippen molar-refractivity contribution in [3.05, 3.63) is 22.2 Å². The number of halogens is 2. The normalized spacial score (nSPS) is 14.8. The van der Waals surface area contributed by atoms with Crippen LogP contribution in [0.15, 0.2) is 16.6 Å². The zero-order valence-corrected chi connectivity index (χ0v) is 16.6. The Balaban J connectivity index is 0.00000264. The third kappa shape index (κ3) is 6.49. The number of nitrogens with zero attached hydrogens (tertiary/aromatic N) is 1. The van der Waals surface area contributed by atoms with Crippen molar-refractivity contribution in [3.63, 3.8) is 0 Å². The van der Waals surface area contributed by atoms with Crippen molar-refractivity contribution in [1.29, 1.82) is 0 Å². The van der Waals surface area contributed by atoms with Crippen LogP contribution in [0.2, 0.25) is 0 Å². The highest BCUT2D eigenvalue weighted by atomic mass is 79.9. The molecule has 0 spiro atoms. The van der Waals surface area contributed by atoms with Crippen molar-refractivity contribution in [2.75, 3.05) is 34.3 Å². The molecule has 1 N–H and O–H groups in total. The molecule has 1 aromatic rings. The van der Waals surface area contributed by atoms with Gasteiger partial charge in [0.2, 0.25) is 0 Å². The second-order valence-electron chi connectivity index (χ2n) is 6.10. The Morgan fingerprint density at radius 1 is 1.22 bits per heavy atom. The Labute approximate surface area is 154 Å². The molecule has 0 unspecified atom stereocenters. The summed E-state index contributed by atoms with van der Waals surface area (Å²) < 4.78 is 12.7. The molecule has 0 saturated heterocycles. The number of hydrogen-bond acceptors (Lipinski definition) is 4. The number of benzene rings is 1. The molecule has 0 amide bonds. The van der Waals surface area contributed by atoms with E-state index in [1.54, 1.807) is 7.11 Å². The van der Waals surface area contributed by atoms with E-state index in [-0.39, 0.29) is 12.4 Å². The van der Waals surface area contributed by atoms with Crippen LogP contribution in [0.4, 0.5) is 0 Å². The highest BCUT2D eigenvalue weighted by Gasteiger charge is 2.19. The second-order valence-corrected chi connectivity index (χ2v) is 6.95. The van der Waals surface area contributed by atoms with Crippen LogP contribution < -0.4 is 14.8 Å². The third-order valence-electron chi connectivity index (χ3n) is 3.98. The summed E-state index contributed by atoms with van der Waals surface area (Å²) in [5.41, 5.74) is 1.19. The quantitative estimate of drug-likeness (QED) is 0.664. The average Bonchev–Trinajstić information content (AvgIpc) is 2.98.